The number of nitro benzene ring substituents is 1. The zero-order valence-corrected chi connectivity index (χ0v) is 8.65. The van der Waals surface area contributed by atoms with E-state index in [1.807, 2.05) is 32.0 Å². The maximum absolute atomic E-state index is 10.9. The summed E-state index contributed by atoms with van der Waals surface area (Å²) in [6.07, 6.45) is 0. The van der Waals surface area contributed by atoms with Crippen molar-refractivity contribution in [3.8, 4) is 0 Å². The summed E-state index contributed by atoms with van der Waals surface area (Å²) >= 11 is 0. The molecule has 0 aliphatic heterocycles. The van der Waals surface area contributed by atoms with Gasteiger partial charge in [0.2, 0.25) is 0 Å². The van der Waals surface area contributed by atoms with Crippen molar-refractivity contribution in [3.63, 3.8) is 0 Å². The Bertz CT molecular complexity index is 547. The molecule has 0 aliphatic carbocycles. The van der Waals surface area contributed by atoms with Crippen LogP contribution in [0.5, 0.6) is 0 Å². The monoisotopic (exact) mass is 201 g/mol. The number of hydrogen-bond donors (Lipinski definition) is 0. The summed E-state index contributed by atoms with van der Waals surface area (Å²) in [5.41, 5.74) is 2.20. The molecule has 0 fully saturated rings. The molecule has 0 aromatic heterocycles. The molecule has 0 saturated carbocycles. The van der Waals surface area contributed by atoms with Crippen LogP contribution in [-0.2, 0) is 0 Å². The van der Waals surface area contributed by atoms with Crippen LogP contribution in [0.25, 0.3) is 10.8 Å². The lowest BCUT2D eigenvalue weighted by Gasteiger charge is -2.05. The van der Waals surface area contributed by atoms with Crippen molar-refractivity contribution in [2.45, 2.75) is 13.8 Å². The van der Waals surface area contributed by atoms with Crippen molar-refractivity contribution in [2.24, 2.45) is 0 Å². The first kappa shape index (κ1) is 9.65. The molecule has 0 atom stereocenters. The molecule has 76 valence electrons. The third-order valence-corrected chi connectivity index (χ3v) is 2.64. The second kappa shape index (κ2) is 3.35. The maximum Gasteiger partial charge on any atom is 0.277 e. The standard InChI is InChI=1S/C12H11NO2/c1-8-6-7-9(2)12-10(8)4-3-5-11(12)13(14)15/h3-7H,1-2H3. The van der Waals surface area contributed by atoms with Crippen LogP contribution in [0.4, 0.5) is 5.69 Å². The van der Waals surface area contributed by atoms with Gasteiger partial charge in [0.15, 0.2) is 0 Å². The molecule has 0 unspecified atom stereocenters. The van der Waals surface area contributed by atoms with Crippen molar-refractivity contribution in [1.82, 2.24) is 0 Å². The Labute approximate surface area is 87.5 Å². The molecular formula is C12H11NO2. The second-order valence-corrected chi connectivity index (χ2v) is 3.66. The van der Waals surface area contributed by atoms with Gasteiger partial charge in [0.25, 0.3) is 5.69 Å². The minimum atomic E-state index is -0.325. The largest absolute Gasteiger partial charge is 0.277 e. The summed E-state index contributed by atoms with van der Waals surface area (Å²) in [6.45, 7) is 3.86. The minimum Gasteiger partial charge on any atom is -0.258 e. The molecule has 0 heterocycles. The molecule has 0 N–H and O–H groups in total. The van der Waals surface area contributed by atoms with Gasteiger partial charge in [-0.1, -0.05) is 24.3 Å². The van der Waals surface area contributed by atoms with Crippen LogP contribution in [0.15, 0.2) is 30.3 Å². The van der Waals surface area contributed by atoms with Crippen LogP contribution >= 0.6 is 0 Å². The Morgan fingerprint density at radius 1 is 1.07 bits per heavy atom. The molecule has 15 heavy (non-hydrogen) atoms. The fraction of sp³-hybridized carbons (Fsp3) is 0.167. The lowest BCUT2D eigenvalue weighted by molar-refractivity contribution is -0.383. The van der Waals surface area contributed by atoms with Crippen molar-refractivity contribution in [2.75, 3.05) is 0 Å². The lowest BCUT2D eigenvalue weighted by atomic mass is 10.00. The molecule has 2 aromatic rings. The molecule has 3 nitrogen and oxygen atoms in total. The van der Waals surface area contributed by atoms with Crippen LogP contribution in [0.3, 0.4) is 0 Å². The van der Waals surface area contributed by atoms with Gasteiger partial charge in [0.1, 0.15) is 0 Å². The van der Waals surface area contributed by atoms with Gasteiger partial charge in [-0.15, -0.1) is 0 Å². The third-order valence-electron chi connectivity index (χ3n) is 2.64. The van der Waals surface area contributed by atoms with E-state index < -0.39 is 0 Å². The minimum absolute atomic E-state index is 0.189. The van der Waals surface area contributed by atoms with E-state index in [9.17, 15) is 10.1 Å². The molecule has 0 radical (unpaired) electrons. The summed E-state index contributed by atoms with van der Waals surface area (Å²) in [7, 11) is 0. The van der Waals surface area contributed by atoms with Gasteiger partial charge in [-0.05, 0) is 30.4 Å². The smallest absolute Gasteiger partial charge is 0.258 e. The van der Waals surface area contributed by atoms with Crippen molar-refractivity contribution >= 4 is 16.5 Å². The topological polar surface area (TPSA) is 43.1 Å². The molecule has 0 bridgehead atoms. The highest BCUT2D eigenvalue weighted by Crippen LogP contribution is 2.30. The average molecular weight is 201 g/mol. The van der Waals surface area contributed by atoms with Crippen molar-refractivity contribution in [3.05, 3.63) is 51.6 Å². The Hall–Kier alpha value is -1.90. The Kier molecular flexibility index (Phi) is 2.15. The van der Waals surface area contributed by atoms with E-state index in [-0.39, 0.29) is 10.6 Å². The number of benzene rings is 2. The highest BCUT2D eigenvalue weighted by molar-refractivity contribution is 5.95. The predicted molar refractivity (Wildman–Crippen MR) is 60.1 cm³/mol. The van der Waals surface area contributed by atoms with Crippen molar-refractivity contribution < 1.29 is 4.92 Å². The Balaban J connectivity index is 2.96. The zero-order chi connectivity index (χ0) is 11.0. The third kappa shape index (κ3) is 1.46. The fourth-order valence-electron chi connectivity index (χ4n) is 1.86. The first-order valence-electron chi connectivity index (χ1n) is 4.74. The number of rotatable bonds is 1. The normalized spacial score (nSPS) is 10.5. The van der Waals surface area contributed by atoms with Crippen LogP contribution < -0.4 is 0 Å². The number of nitro groups is 1. The van der Waals surface area contributed by atoms with Crippen LogP contribution in [0.2, 0.25) is 0 Å². The highest BCUT2D eigenvalue weighted by Gasteiger charge is 2.13. The van der Waals surface area contributed by atoms with Gasteiger partial charge < -0.3 is 0 Å². The molecule has 0 spiro atoms. The van der Waals surface area contributed by atoms with Gasteiger partial charge in [0, 0.05) is 6.07 Å². The van der Waals surface area contributed by atoms with Gasteiger partial charge in [-0.2, -0.15) is 0 Å². The quantitative estimate of drug-likeness (QED) is 0.524. The van der Waals surface area contributed by atoms with E-state index in [1.165, 1.54) is 0 Å². The van der Waals surface area contributed by atoms with Gasteiger partial charge >= 0.3 is 0 Å². The fourth-order valence-corrected chi connectivity index (χ4v) is 1.86. The van der Waals surface area contributed by atoms with Crippen LogP contribution in [-0.4, -0.2) is 4.92 Å². The molecule has 3 heteroatoms. The number of non-ortho nitro benzene ring substituents is 1. The summed E-state index contributed by atoms with van der Waals surface area (Å²) in [5.74, 6) is 0. The summed E-state index contributed by atoms with van der Waals surface area (Å²) in [6, 6.07) is 9.11. The highest BCUT2D eigenvalue weighted by atomic mass is 16.6. The van der Waals surface area contributed by atoms with Gasteiger partial charge in [-0.25, -0.2) is 0 Å². The number of aryl methyl sites for hydroxylation is 2. The molecule has 0 aliphatic rings. The van der Waals surface area contributed by atoms with Crippen LogP contribution in [0.1, 0.15) is 11.1 Å². The van der Waals surface area contributed by atoms with E-state index in [4.69, 9.17) is 0 Å². The predicted octanol–water partition coefficient (Wildman–Crippen LogP) is 3.36. The second-order valence-electron chi connectivity index (χ2n) is 3.66. The first-order valence-corrected chi connectivity index (χ1v) is 4.74. The van der Waals surface area contributed by atoms with E-state index in [0.717, 1.165) is 21.9 Å². The van der Waals surface area contributed by atoms with E-state index >= 15 is 0 Å². The molecule has 2 aromatic carbocycles. The summed E-state index contributed by atoms with van der Waals surface area (Å²) < 4.78 is 0. The zero-order valence-electron chi connectivity index (χ0n) is 8.65. The molecule has 2 rings (SSSR count). The number of nitrogens with zero attached hydrogens (tertiary/aromatic N) is 1. The van der Waals surface area contributed by atoms with Crippen LogP contribution in [0, 0.1) is 24.0 Å². The maximum atomic E-state index is 10.9. The summed E-state index contributed by atoms with van der Waals surface area (Å²) in [5, 5.41) is 12.6. The Morgan fingerprint density at radius 2 is 1.73 bits per heavy atom. The average Bonchev–Trinajstić information content (AvgIpc) is 2.23. The SMILES string of the molecule is Cc1ccc(C)c2c([N+](=O)[O-])cccc12. The van der Waals surface area contributed by atoms with E-state index in [2.05, 4.69) is 0 Å². The number of fused-ring (bicyclic) bond motifs is 1. The molecular weight excluding hydrogens is 190 g/mol. The lowest BCUT2D eigenvalue weighted by Crippen LogP contribution is -1.92. The summed E-state index contributed by atoms with van der Waals surface area (Å²) in [4.78, 5) is 10.6. The van der Waals surface area contributed by atoms with Gasteiger partial charge in [-0.3, -0.25) is 10.1 Å². The van der Waals surface area contributed by atoms with E-state index in [0.29, 0.717) is 0 Å². The molecule has 0 amide bonds. The number of hydrogen-bond acceptors (Lipinski definition) is 2. The first-order chi connectivity index (χ1) is 7.11. The van der Waals surface area contributed by atoms with Crippen molar-refractivity contribution in [1.29, 1.82) is 0 Å². The Morgan fingerprint density at radius 3 is 2.40 bits per heavy atom. The molecule has 0 saturated heterocycles. The van der Waals surface area contributed by atoms with Gasteiger partial charge in [0.05, 0.1) is 10.3 Å². The van der Waals surface area contributed by atoms with E-state index in [1.54, 1.807) is 12.1 Å².